The third-order valence-electron chi connectivity index (χ3n) is 10.4. The average Bonchev–Trinajstić information content (AvgIpc) is 2.57. The van der Waals surface area contributed by atoms with Crippen molar-refractivity contribution in [3.8, 4) is 0 Å². The van der Waals surface area contributed by atoms with Crippen molar-refractivity contribution in [2.75, 3.05) is 0 Å². The van der Waals surface area contributed by atoms with E-state index in [0.29, 0.717) is 53.3 Å². The second-order valence-electron chi connectivity index (χ2n) is 20.2. The first-order chi connectivity index (χ1) is 44.5. The largest absolute Gasteiger partial charge is 0.449 e. The minimum atomic E-state index is 0.407. The second-order valence-corrected chi connectivity index (χ2v) is 21.7. The van der Waals surface area contributed by atoms with E-state index in [4.69, 9.17) is 8.94 Å². The van der Waals surface area contributed by atoms with Crippen molar-refractivity contribution in [3.63, 3.8) is 0 Å². The molecule has 18 heteroatoms. The van der Waals surface area contributed by atoms with Gasteiger partial charge in [0.05, 0.1) is 48.3 Å². The van der Waals surface area contributed by atoms with Crippen molar-refractivity contribution in [1.82, 2.24) is 57.9 Å². The van der Waals surface area contributed by atoms with Gasteiger partial charge in [0, 0.05) is 104 Å². The van der Waals surface area contributed by atoms with Gasteiger partial charge in [-0.25, -0.2) is 24.3 Å². The molecule has 0 amide bonds. The highest BCUT2D eigenvalue weighted by molar-refractivity contribution is 7.05. The molecular weight excluding hydrogens is 1200 g/mol. The van der Waals surface area contributed by atoms with E-state index in [1.807, 2.05) is 234 Å². The van der Waals surface area contributed by atoms with E-state index in [-0.39, 0.29) is 0 Å². The first-order valence-corrected chi connectivity index (χ1v) is 36.4. The van der Waals surface area contributed by atoms with E-state index < -0.39 is 0 Å². The lowest BCUT2D eigenvalue weighted by Crippen LogP contribution is -1.98. The molecule has 0 aromatic carbocycles. The first kappa shape index (κ1) is 106. The van der Waals surface area contributed by atoms with Crippen LogP contribution in [0.5, 0.6) is 0 Å². The van der Waals surface area contributed by atoms with Crippen molar-refractivity contribution in [2.45, 2.75) is 303 Å². The molecule has 0 saturated carbocycles. The molecule has 0 unspecified atom stereocenters. The van der Waals surface area contributed by atoms with Crippen molar-refractivity contribution < 1.29 is 18.0 Å². The van der Waals surface area contributed by atoms with Gasteiger partial charge in [-0.15, -0.1) is 0 Å². The molecule has 0 N–H and O–H groups in total. The molecule has 540 valence electrons. The van der Waals surface area contributed by atoms with Crippen molar-refractivity contribution in [2.24, 2.45) is 21.1 Å². The van der Waals surface area contributed by atoms with Gasteiger partial charge >= 0.3 is 0 Å². The minimum Gasteiger partial charge on any atom is -0.449 e. The third-order valence-corrected chi connectivity index (χ3v) is 12.0. The summed E-state index contributed by atoms with van der Waals surface area (Å²) in [7, 11) is 6.02. The molecule has 9 aromatic rings. The predicted molar refractivity (Wildman–Crippen MR) is 409 cm³/mol. The van der Waals surface area contributed by atoms with Crippen molar-refractivity contribution in [1.29, 1.82) is 0 Å². The van der Waals surface area contributed by atoms with Crippen LogP contribution >= 0.6 is 23.1 Å². The number of rotatable bonds is 9. The number of nitrogens with zero attached hydrogens (tertiary/aromatic N) is 12. The Morgan fingerprint density at radius 1 is 0.441 bits per heavy atom. The molecule has 9 aromatic heterocycles. The van der Waals surface area contributed by atoms with E-state index in [0.717, 1.165) is 34.4 Å². The Labute approximate surface area is 580 Å². The maximum Gasteiger partial charge on any atom is 0.196 e. The van der Waals surface area contributed by atoms with Gasteiger partial charge in [-0.3, -0.25) is 0 Å². The lowest BCUT2D eigenvalue weighted by atomic mass is 10.1. The Balaban J connectivity index is -0.000000118. The van der Waals surface area contributed by atoms with Gasteiger partial charge in [-0.05, 0) is 70.7 Å². The molecule has 0 aliphatic carbocycles. The van der Waals surface area contributed by atoms with Gasteiger partial charge < -0.3 is 31.7 Å². The van der Waals surface area contributed by atoms with E-state index in [1.165, 1.54) is 27.8 Å². The van der Waals surface area contributed by atoms with Gasteiger partial charge in [0.15, 0.2) is 5.89 Å². The van der Waals surface area contributed by atoms with Crippen molar-refractivity contribution >= 4 is 23.1 Å². The highest BCUT2D eigenvalue weighted by Crippen LogP contribution is 2.17. The topological polar surface area (TPSA) is 183 Å². The van der Waals surface area contributed by atoms with E-state index in [9.17, 15) is 0 Å². The molecule has 0 saturated heterocycles. The maximum atomic E-state index is 4.98. The average molecular weight is 1340 g/mol. The van der Waals surface area contributed by atoms with Crippen LogP contribution in [0.25, 0.3) is 0 Å². The van der Waals surface area contributed by atoms with E-state index in [2.05, 4.69) is 176 Å². The molecule has 0 atom stereocenters. The zero-order valence-electron chi connectivity index (χ0n) is 66.9. The zero-order chi connectivity index (χ0) is 74.5. The predicted octanol–water partition coefficient (Wildman–Crippen LogP) is 25.6. The first-order valence-electron chi connectivity index (χ1n) is 34.8. The number of aryl methyl sites for hydroxylation is 3. The molecule has 9 heterocycles. The van der Waals surface area contributed by atoms with Crippen LogP contribution < -0.4 is 0 Å². The summed E-state index contributed by atoms with van der Waals surface area (Å²) in [4.78, 5) is 17.7. The molecule has 0 spiro atoms. The standard InChI is InChI=1S/3C7H12N2.4C6H9NO.2C6H9NS.9C2H6/c1-6(2)7-4-9(3)5-8-7;1-6(2)7-4-8-5-9(7)3;1-6(2)7-8-4-5-9(7)3;1-5(2)6-3-7-8-4-6;1-5(2)6-7-3-4-8-6;1-5(2)6-3-4-8-7-6;1-5(2)6-3-4-7-8-6;1-5(2)6-3-4-8-7-6;1-5(2)6-3-4-7-8-6;9*1-2/h3*4-6H,1-3H3;6*3-5H,1-2H3;9*1-2H3. The van der Waals surface area contributed by atoms with Crippen LogP contribution in [0.3, 0.4) is 0 Å². The summed E-state index contributed by atoms with van der Waals surface area (Å²) in [5, 5.41) is 12.9. The number of oxazole rings is 1. The molecule has 9 rings (SSSR count). The van der Waals surface area contributed by atoms with Crippen LogP contribution in [-0.4, -0.2) is 57.9 Å². The van der Waals surface area contributed by atoms with E-state index >= 15 is 0 Å². The fourth-order valence-electron chi connectivity index (χ4n) is 5.69. The van der Waals surface area contributed by atoms with Crippen molar-refractivity contribution in [3.05, 3.63) is 161 Å². The van der Waals surface area contributed by atoms with Crippen LogP contribution in [0.15, 0.2) is 129 Å². The molecular formula is C75H144N12O4S2. The van der Waals surface area contributed by atoms with Crippen LogP contribution in [0.4, 0.5) is 0 Å². The number of hydrogen-bond donors (Lipinski definition) is 0. The summed E-state index contributed by atoms with van der Waals surface area (Å²) in [6.45, 7) is 74.1. The number of hydrogen-bond acceptors (Lipinski definition) is 15. The molecule has 16 nitrogen and oxygen atoms in total. The lowest BCUT2D eigenvalue weighted by Gasteiger charge is -2.03. The van der Waals surface area contributed by atoms with Crippen LogP contribution in [0.2, 0.25) is 0 Å². The quantitative estimate of drug-likeness (QED) is 0.133. The van der Waals surface area contributed by atoms with Crippen LogP contribution in [-0.2, 0) is 21.1 Å². The highest BCUT2D eigenvalue weighted by Gasteiger charge is 2.05. The maximum absolute atomic E-state index is 4.98. The second kappa shape index (κ2) is 76.4. The third kappa shape index (κ3) is 59.2. The molecule has 0 aliphatic heterocycles. The Morgan fingerprint density at radius 3 is 1.19 bits per heavy atom. The van der Waals surface area contributed by atoms with E-state index in [1.54, 1.807) is 48.9 Å². The van der Waals surface area contributed by atoms with Gasteiger partial charge in [-0.2, -0.15) is 4.37 Å². The van der Waals surface area contributed by atoms with Crippen LogP contribution in [0.1, 0.15) is 353 Å². The summed E-state index contributed by atoms with van der Waals surface area (Å²) < 4.78 is 33.3. The Bertz CT molecular complexity index is 2250. The fourth-order valence-corrected chi connectivity index (χ4v) is 6.92. The SMILES string of the molecule is CC.CC.CC.CC.CC.CC.CC.CC.CC.CC(C)c1ccno1.CC(C)c1ccns1.CC(C)c1ccon1.CC(C)c1ccsn1.CC(C)c1cn(C)cn1.CC(C)c1cncn1C.CC(C)c1cnoc1.CC(C)c1nccn1C.CC(C)c1ncco1. The fraction of sp³-hybridized carbons (Fsp3) is 0.640. The summed E-state index contributed by atoms with van der Waals surface area (Å²) >= 11 is 3.10. The summed E-state index contributed by atoms with van der Waals surface area (Å²) in [6, 6.07) is 7.89. The number of imidazole rings is 3. The molecule has 93 heavy (non-hydrogen) atoms. The minimum absolute atomic E-state index is 0.407. The van der Waals surface area contributed by atoms with Crippen LogP contribution in [0, 0.1) is 0 Å². The summed E-state index contributed by atoms with van der Waals surface area (Å²) in [6.07, 6.45) is 23.2. The monoisotopic (exact) mass is 1340 g/mol. The van der Waals surface area contributed by atoms with Gasteiger partial charge in [-0.1, -0.05) is 265 Å². The van der Waals surface area contributed by atoms with Gasteiger partial charge in [0.2, 0.25) is 0 Å². The molecule has 0 fully saturated rings. The van der Waals surface area contributed by atoms with Gasteiger partial charge in [0.1, 0.15) is 30.4 Å². The highest BCUT2D eigenvalue weighted by atomic mass is 32.1. The Kier molecular flexibility index (Phi) is 86.7. The zero-order valence-corrected chi connectivity index (χ0v) is 68.5. The Hall–Kier alpha value is -6.27. The lowest BCUT2D eigenvalue weighted by molar-refractivity contribution is 0.371. The summed E-state index contributed by atoms with van der Waals surface area (Å²) in [5.41, 5.74) is 5.83. The summed E-state index contributed by atoms with van der Waals surface area (Å²) in [5.74, 6) is 7.67. The number of aromatic nitrogens is 12. The van der Waals surface area contributed by atoms with Gasteiger partial charge in [0.25, 0.3) is 0 Å². The normalized spacial score (nSPS) is 9.03. The Morgan fingerprint density at radius 2 is 1.00 bits per heavy atom. The molecule has 0 bridgehead atoms. The molecule has 0 radical (unpaired) electrons. The molecule has 0 aliphatic rings. The smallest absolute Gasteiger partial charge is 0.196 e.